The summed E-state index contributed by atoms with van der Waals surface area (Å²) in [7, 11) is 0. The predicted molar refractivity (Wildman–Crippen MR) is 63.8 cm³/mol. The van der Waals surface area contributed by atoms with Gasteiger partial charge in [-0.15, -0.1) is 0 Å². The fraction of sp³-hybridized carbons (Fsp3) is 0.364. The normalized spacial score (nSPS) is 19.3. The minimum atomic E-state index is -1.08. The predicted octanol–water partition coefficient (Wildman–Crippen LogP) is 1.16. The molecule has 0 bridgehead atoms. The molecule has 1 aliphatic rings. The Morgan fingerprint density at radius 1 is 1.72 bits per heavy atom. The van der Waals surface area contributed by atoms with E-state index in [9.17, 15) is 4.79 Å². The van der Waals surface area contributed by atoms with Crippen molar-refractivity contribution in [2.45, 2.75) is 6.10 Å². The summed E-state index contributed by atoms with van der Waals surface area (Å²) in [6.45, 7) is 1.35. The van der Waals surface area contributed by atoms with Gasteiger partial charge in [-0.2, -0.15) is 5.26 Å². The van der Waals surface area contributed by atoms with Gasteiger partial charge in [0, 0.05) is 12.7 Å². The maximum absolute atomic E-state index is 10.8. The Morgan fingerprint density at radius 2 is 2.50 bits per heavy atom. The lowest BCUT2D eigenvalue weighted by atomic mass is 10.2. The number of nitriles is 1. The Balaban J connectivity index is 2.23. The number of halogens is 1. The molecule has 0 amide bonds. The molecule has 0 spiro atoms. The van der Waals surface area contributed by atoms with Crippen molar-refractivity contribution >= 4 is 23.4 Å². The highest BCUT2D eigenvalue weighted by molar-refractivity contribution is 6.33. The van der Waals surface area contributed by atoms with Crippen LogP contribution in [0.25, 0.3) is 0 Å². The SMILES string of the molecule is N#CC1CN(c2ncc(C(=O)O)cc2Cl)CCO1. The molecule has 1 N–H and O–H groups in total. The number of carbonyl (C=O) groups is 1. The van der Waals surface area contributed by atoms with Crippen LogP contribution in [0.3, 0.4) is 0 Å². The van der Waals surface area contributed by atoms with Crippen LogP contribution in [0.1, 0.15) is 10.4 Å². The van der Waals surface area contributed by atoms with Crippen LogP contribution in [-0.4, -0.2) is 41.9 Å². The molecule has 18 heavy (non-hydrogen) atoms. The van der Waals surface area contributed by atoms with Crippen molar-refractivity contribution in [3.8, 4) is 6.07 Å². The van der Waals surface area contributed by atoms with Gasteiger partial charge >= 0.3 is 5.97 Å². The molecule has 2 heterocycles. The van der Waals surface area contributed by atoms with E-state index in [4.69, 9.17) is 26.7 Å². The molecule has 1 unspecified atom stereocenters. The van der Waals surface area contributed by atoms with Gasteiger partial charge in [-0.1, -0.05) is 11.6 Å². The topological polar surface area (TPSA) is 86.5 Å². The van der Waals surface area contributed by atoms with Gasteiger partial charge in [0.2, 0.25) is 0 Å². The minimum Gasteiger partial charge on any atom is -0.478 e. The van der Waals surface area contributed by atoms with Crippen molar-refractivity contribution in [2.75, 3.05) is 24.6 Å². The molecule has 0 radical (unpaired) electrons. The summed E-state index contributed by atoms with van der Waals surface area (Å²) < 4.78 is 5.21. The molecule has 1 saturated heterocycles. The van der Waals surface area contributed by atoms with Gasteiger partial charge in [-0.3, -0.25) is 0 Å². The zero-order valence-corrected chi connectivity index (χ0v) is 10.1. The quantitative estimate of drug-likeness (QED) is 0.865. The minimum absolute atomic E-state index is 0.0360. The summed E-state index contributed by atoms with van der Waals surface area (Å²) in [6.07, 6.45) is 0.733. The molecule has 2 rings (SSSR count). The smallest absolute Gasteiger partial charge is 0.337 e. The number of carboxylic acids is 1. The molecular weight excluding hydrogens is 258 g/mol. The maximum atomic E-state index is 10.8. The third-order valence-electron chi connectivity index (χ3n) is 2.58. The van der Waals surface area contributed by atoms with E-state index in [1.165, 1.54) is 12.3 Å². The molecule has 7 heteroatoms. The number of pyridine rings is 1. The van der Waals surface area contributed by atoms with Crippen LogP contribution in [0, 0.1) is 11.3 Å². The average Bonchev–Trinajstić information content (AvgIpc) is 2.38. The number of hydrogen-bond acceptors (Lipinski definition) is 5. The molecule has 1 aromatic rings. The Morgan fingerprint density at radius 3 is 3.11 bits per heavy atom. The highest BCUT2D eigenvalue weighted by Crippen LogP contribution is 2.25. The van der Waals surface area contributed by atoms with E-state index >= 15 is 0 Å². The van der Waals surface area contributed by atoms with Crippen molar-refractivity contribution < 1.29 is 14.6 Å². The van der Waals surface area contributed by atoms with Crippen LogP contribution in [0.15, 0.2) is 12.3 Å². The third-order valence-corrected chi connectivity index (χ3v) is 2.86. The Bertz CT molecular complexity index is 515. The van der Waals surface area contributed by atoms with Gasteiger partial charge < -0.3 is 14.7 Å². The fourth-order valence-corrected chi connectivity index (χ4v) is 1.99. The van der Waals surface area contributed by atoms with Crippen molar-refractivity contribution in [1.29, 1.82) is 5.26 Å². The zero-order chi connectivity index (χ0) is 13.1. The maximum Gasteiger partial charge on any atom is 0.337 e. The van der Waals surface area contributed by atoms with E-state index in [1.807, 2.05) is 11.0 Å². The summed E-state index contributed by atoms with van der Waals surface area (Å²) in [5.74, 6) is -0.599. The lowest BCUT2D eigenvalue weighted by Gasteiger charge is -2.31. The van der Waals surface area contributed by atoms with E-state index in [2.05, 4.69) is 4.98 Å². The standard InChI is InChI=1S/C11H10ClN3O3/c12-9-3-7(11(16)17)5-14-10(9)15-1-2-18-8(4-13)6-15/h3,5,8H,1-2,6H2,(H,16,17). The van der Waals surface area contributed by atoms with E-state index in [1.54, 1.807) is 0 Å². The van der Waals surface area contributed by atoms with Gasteiger partial charge in [0.15, 0.2) is 6.10 Å². The molecule has 1 aliphatic heterocycles. The highest BCUT2D eigenvalue weighted by Gasteiger charge is 2.23. The number of morpholine rings is 1. The summed E-state index contributed by atoms with van der Waals surface area (Å²) in [4.78, 5) is 16.6. The largest absolute Gasteiger partial charge is 0.478 e. The molecule has 94 valence electrons. The summed E-state index contributed by atoms with van der Waals surface area (Å²) in [6, 6.07) is 3.37. The number of nitrogens with zero attached hydrogens (tertiary/aromatic N) is 3. The number of rotatable bonds is 2. The van der Waals surface area contributed by atoms with E-state index in [-0.39, 0.29) is 10.6 Å². The van der Waals surface area contributed by atoms with E-state index < -0.39 is 12.1 Å². The third kappa shape index (κ3) is 2.53. The van der Waals surface area contributed by atoms with Crippen LogP contribution >= 0.6 is 11.6 Å². The number of hydrogen-bond donors (Lipinski definition) is 1. The molecule has 6 nitrogen and oxygen atoms in total. The Labute approximate surface area is 108 Å². The van der Waals surface area contributed by atoms with Gasteiger partial charge in [0.05, 0.1) is 29.8 Å². The molecule has 1 fully saturated rings. The summed E-state index contributed by atoms with van der Waals surface area (Å²) in [5, 5.41) is 17.9. The Hall–Kier alpha value is -1.84. The average molecular weight is 268 g/mol. The zero-order valence-electron chi connectivity index (χ0n) is 9.34. The van der Waals surface area contributed by atoms with Gasteiger partial charge in [0.1, 0.15) is 5.82 Å². The fourth-order valence-electron chi connectivity index (χ4n) is 1.70. The lowest BCUT2D eigenvalue weighted by molar-refractivity contribution is 0.0695. The lowest BCUT2D eigenvalue weighted by Crippen LogP contribution is -2.42. The summed E-state index contributed by atoms with van der Waals surface area (Å²) in [5.41, 5.74) is 0.0360. The first kappa shape index (κ1) is 12.6. The van der Waals surface area contributed by atoms with E-state index in [0.29, 0.717) is 25.5 Å². The highest BCUT2D eigenvalue weighted by atomic mass is 35.5. The molecule has 0 aliphatic carbocycles. The second-order valence-electron chi connectivity index (χ2n) is 3.77. The first-order chi connectivity index (χ1) is 8.61. The summed E-state index contributed by atoms with van der Waals surface area (Å²) >= 11 is 6.01. The van der Waals surface area contributed by atoms with Gasteiger partial charge in [0.25, 0.3) is 0 Å². The first-order valence-corrected chi connectivity index (χ1v) is 5.64. The number of aromatic carboxylic acids is 1. The van der Waals surface area contributed by atoms with Gasteiger partial charge in [-0.05, 0) is 6.07 Å². The number of carboxylic acid groups (broad SMARTS) is 1. The number of aromatic nitrogens is 1. The van der Waals surface area contributed by atoms with Crippen molar-refractivity contribution in [2.24, 2.45) is 0 Å². The molecule has 1 atom stereocenters. The van der Waals surface area contributed by atoms with Gasteiger partial charge in [-0.25, -0.2) is 9.78 Å². The van der Waals surface area contributed by atoms with Crippen LogP contribution < -0.4 is 4.90 Å². The first-order valence-electron chi connectivity index (χ1n) is 5.27. The van der Waals surface area contributed by atoms with Crippen LogP contribution in [0.5, 0.6) is 0 Å². The molecular formula is C11H10ClN3O3. The van der Waals surface area contributed by atoms with Crippen LogP contribution in [-0.2, 0) is 4.74 Å². The van der Waals surface area contributed by atoms with E-state index in [0.717, 1.165) is 0 Å². The monoisotopic (exact) mass is 267 g/mol. The second-order valence-corrected chi connectivity index (χ2v) is 4.18. The Kier molecular flexibility index (Phi) is 3.65. The second kappa shape index (κ2) is 5.21. The van der Waals surface area contributed by atoms with Crippen molar-refractivity contribution in [1.82, 2.24) is 4.98 Å². The number of ether oxygens (including phenoxy) is 1. The van der Waals surface area contributed by atoms with Crippen molar-refractivity contribution in [3.05, 3.63) is 22.8 Å². The van der Waals surface area contributed by atoms with Crippen LogP contribution in [0.2, 0.25) is 5.02 Å². The molecule has 0 aromatic carbocycles. The molecule has 1 aromatic heterocycles. The van der Waals surface area contributed by atoms with Crippen molar-refractivity contribution in [3.63, 3.8) is 0 Å². The van der Waals surface area contributed by atoms with Crippen LogP contribution in [0.4, 0.5) is 5.82 Å². The molecule has 0 saturated carbocycles. The number of anilines is 1.